The van der Waals surface area contributed by atoms with E-state index in [0.717, 1.165) is 67.6 Å². The Morgan fingerprint density at radius 2 is 1.87 bits per heavy atom. The number of carboxylic acid groups (broad SMARTS) is 1. The molecule has 1 amide bonds. The van der Waals surface area contributed by atoms with Crippen LogP contribution in [0.2, 0.25) is 0 Å². The largest absolute Gasteiger partial charge is 0.490 e. The van der Waals surface area contributed by atoms with E-state index in [4.69, 9.17) is 14.6 Å². The fourth-order valence-corrected chi connectivity index (χ4v) is 4.34. The smallest absolute Gasteiger partial charge is 0.371 e. The van der Waals surface area contributed by atoms with Crippen LogP contribution in [0.5, 0.6) is 5.06 Å². The predicted molar refractivity (Wildman–Crippen MR) is 140 cm³/mol. The second kappa shape index (κ2) is 13.6. The molecule has 0 radical (unpaired) electrons. The molecule has 0 saturated carbocycles. The maximum Gasteiger partial charge on any atom is 0.371 e. The SMILES string of the molecule is CCCOCCCc1cccc(-c2nc(NC(=O)c3cc(F)c(/C=C(\OC)C(=O)O)c(F)c3)sc2OC)c1. The number of nitrogens with zero attached hydrogens (tertiary/aromatic N) is 1. The van der Waals surface area contributed by atoms with Gasteiger partial charge in [-0.25, -0.2) is 18.6 Å². The molecule has 0 atom stereocenters. The first-order valence-electron chi connectivity index (χ1n) is 11.8. The predicted octanol–water partition coefficient (Wildman–Crippen LogP) is 5.78. The molecule has 0 aliphatic heterocycles. The number of anilines is 1. The molecule has 3 rings (SSSR count). The average Bonchev–Trinajstić information content (AvgIpc) is 3.31. The molecular formula is C27H28F2N2O6S. The summed E-state index contributed by atoms with van der Waals surface area (Å²) in [6.07, 6.45) is 3.39. The summed E-state index contributed by atoms with van der Waals surface area (Å²) in [6.45, 7) is 3.48. The summed E-state index contributed by atoms with van der Waals surface area (Å²) in [5, 5.41) is 12.2. The molecule has 11 heteroatoms. The number of nitrogens with one attached hydrogen (secondary N) is 1. The molecule has 8 nitrogen and oxygen atoms in total. The van der Waals surface area contributed by atoms with E-state index in [-0.39, 0.29) is 10.7 Å². The molecule has 0 aliphatic rings. The van der Waals surface area contributed by atoms with Gasteiger partial charge in [-0.1, -0.05) is 36.5 Å². The summed E-state index contributed by atoms with van der Waals surface area (Å²) in [6, 6.07) is 9.40. The Labute approximate surface area is 222 Å². The lowest BCUT2D eigenvalue weighted by Gasteiger charge is -2.07. The molecule has 202 valence electrons. The Hall–Kier alpha value is -3.83. The minimum atomic E-state index is -1.49. The number of hydrogen-bond acceptors (Lipinski definition) is 7. The van der Waals surface area contributed by atoms with E-state index < -0.39 is 34.8 Å². The molecule has 0 fully saturated rings. The number of carbonyl (C=O) groups is 2. The van der Waals surface area contributed by atoms with Gasteiger partial charge in [0, 0.05) is 36.0 Å². The molecule has 2 aromatic carbocycles. The Balaban J connectivity index is 1.78. The summed E-state index contributed by atoms with van der Waals surface area (Å²) in [4.78, 5) is 28.3. The summed E-state index contributed by atoms with van der Waals surface area (Å²) in [5.41, 5.74) is 1.47. The van der Waals surface area contributed by atoms with Crippen molar-refractivity contribution in [1.29, 1.82) is 0 Å². The third kappa shape index (κ3) is 7.36. The summed E-state index contributed by atoms with van der Waals surface area (Å²) in [5.74, 6) is -5.20. The van der Waals surface area contributed by atoms with Crippen molar-refractivity contribution >= 4 is 34.4 Å². The number of benzene rings is 2. The van der Waals surface area contributed by atoms with Gasteiger partial charge < -0.3 is 19.3 Å². The zero-order valence-electron chi connectivity index (χ0n) is 21.2. The van der Waals surface area contributed by atoms with E-state index in [0.29, 0.717) is 23.4 Å². The van der Waals surface area contributed by atoms with E-state index in [1.807, 2.05) is 24.3 Å². The quantitative estimate of drug-likeness (QED) is 0.159. The number of ether oxygens (including phenoxy) is 3. The van der Waals surface area contributed by atoms with Crippen LogP contribution in [0.3, 0.4) is 0 Å². The van der Waals surface area contributed by atoms with E-state index in [1.165, 1.54) is 7.11 Å². The van der Waals surface area contributed by atoms with Gasteiger partial charge in [0.1, 0.15) is 17.3 Å². The van der Waals surface area contributed by atoms with Gasteiger partial charge in [-0.2, -0.15) is 0 Å². The zero-order chi connectivity index (χ0) is 27.7. The second-order valence-electron chi connectivity index (χ2n) is 8.10. The van der Waals surface area contributed by atoms with Crippen LogP contribution in [0.4, 0.5) is 13.9 Å². The Morgan fingerprint density at radius 3 is 2.50 bits per heavy atom. The first-order chi connectivity index (χ1) is 18.3. The zero-order valence-corrected chi connectivity index (χ0v) is 22.0. The van der Waals surface area contributed by atoms with Crippen molar-refractivity contribution in [3.05, 3.63) is 70.5 Å². The van der Waals surface area contributed by atoms with E-state index in [1.54, 1.807) is 0 Å². The number of aromatic nitrogens is 1. The molecule has 3 aromatic rings. The molecule has 2 N–H and O–H groups in total. The van der Waals surface area contributed by atoms with Crippen molar-refractivity contribution < 1.29 is 37.7 Å². The number of rotatable bonds is 13. The molecule has 1 heterocycles. The highest BCUT2D eigenvalue weighted by molar-refractivity contribution is 7.18. The number of aliphatic carboxylic acids is 1. The van der Waals surface area contributed by atoms with Crippen LogP contribution in [0.1, 0.15) is 41.3 Å². The normalized spacial score (nSPS) is 11.3. The van der Waals surface area contributed by atoms with Gasteiger partial charge in [-0.3, -0.25) is 10.1 Å². The molecule has 0 bridgehead atoms. The molecule has 0 unspecified atom stereocenters. The van der Waals surface area contributed by atoms with Gasteiger partial charge in [-0.05, 0) is 43.0 Å². The highest BCUT2D eigenvalue weighted by atomic mass is 32.1. The third-order valence-electron chi connectivity index (χ3n) is 5.35. The maximum absolute atomic E-state index is 14.5. The Kier molecular flexibility index (Phi) is 10.3. The van der Waals surface area contributed by atoms with Crippen molar-refractivity contribution in [2.45, 2.75) is 26.2 Å². The van der Waals surface area contributed by atoms with E-state index >= 15 is 0 Å². The standard InChI is InChI=1S/C27H28F2N2O6S/c1-4-10-37-11-6-8-16-7-5-9-17(12-16)23-26(36-3)38-27(30-23)31-24(32)18-13-20(28)19(21(29)14-18)15-22(35-2)25(33)34/h5,7,9,12-15H,4,6,8,10-11H2,1-3H3,(H,33,34)(H,30,31,32)/b22-15-. The molecule has 1 aromatic heterocycles. The van der Waals surface area contributed by atoms with Crippen molar-refractivity contribution in [2.75, 3.05) is 32.8 Å². The minimum absolute atomic E-state index is 0.178. The van der Waals surface area contributed by atoms with Crippen LogP contribution in [0.25, 0.3) is 17.3 Å². The van der Waals surface area contributed by atoms with Crippen LogP contribution in [-0.4, -0.2) is 49.4 Å². The highest BCUT2D eigenvalue weighted by Crippen LogP contribution is 2.38. The van der Waals surface area contributed by atoms with Crippen molar-refractivity contribution in [2.24, 2.45) is 0 Å². The van der Waals surface area contributed by atoms with Crippen LogP contribution in [-0.2, 0) is 20.7 Å². The first-order valence-corrected chi connectivity index (χ1v) is 12.6. The van der Waals surface area contributed by atoms with Gasteiger partial charge in [0.15, 0.2) is 5.13 Å². The maximum atomic E-state index is 14.5. The van der Waals surface area contributed by atoms with E-state index in [2.05, 4.69) is 22.0 Å². The van der Waals surface area contributed by atoms with Gasteiger partial charge in [0.05, 0.1) is 14.2 Å². The van der Waals surface area contributed by atoms with Crippen molar-refractivity contribution in [3.63, 3.8) is 0 Å². The van der Waals surface area contributed by atoms with Gasteiger partial charge in [0.25, 0.3) is 5.91 Å². The number of thiazole rings is 1. The number of methoxy groups -OCH3 is 2. The number of carboxylic acids is 1. The fraction of sp³-hybridized carbons (Fsp3) is 0.296. The number of hydrogen-bond donors (Lipinski definition) is 2. The lowest BCUT2D eigenvalue weighted by Crippen LogP contribution is -2.13. The van der Waals surface area contributed by atoms with Gasteiger partial charge >= 0.3 is 5.97 Å². The molecule has 0 aliphatic carbocycles. The molecule has 0 saturated heterocycles. The molecular weight excluding hydrogens is 518 g/mol. The fourth-order valence-electron chi connectivity index (χ4n) is 3.54. The van der Waals surface area contributed by atoms with Crippen LogP contribution >= 0.6 is 11.3 Å². The summed E-state index contributed by atoms with van der Waals surface area (Å²) >= 11 is 1.07. The minimum Gasteiger partial charge on any atom is -0.490 e. The summed E-state index contributed by atoms with van der Waals surface area (Å²) < 4.78 is 44.7. The van der Waals surface area contributed by atoms with Crippen molar-refractivity contribution in [1.82, 2.24) is 4.98 Å². The van der Waals surface area contributed by atoms with Gasteiger partial charge in [0.2, 0.25) is 10.8 Å². The average molecular weight is 547 g/mol. The van der Waals surface area contributed by atoms with Gasteiger partial charge in [-0.15, -0.1) is 0 Å². The lowest BCUT2D eigenvalue weighted by atomic mass is 10.1. The molecule has 0 spiro atoms. The van der Waals surface area contributed by atoms with Crippen molar-refractivity contribution in [3.8, 4) is 16.3 Å². The molecule has 38 heavy (non-hydrogen) atoms. The number of halogens is 2. The highest BCUT2D eigenvalue weighted by Gasteiger charge is 2.20. The second-order valence-corrected chi connectivity index (χ2v) is 9.06. The number of carbonyl (C=O) groups excluding carboxylic acids is 1. The van der Waals surface area contributed by atoms with Crippen LogP contribution in [0, 0.1) is 11.6 Å². The van der Waals surface area contributed by atoms with E-state index in [9.17, 15) is 18.4 Å². The Bertz CT molecular complexity index is 1300. The number of aryl methyl sites for hydroxylation is 1. The number of amides is 1. The first kappa shape index (κ1) is 28.7. The lowest BCUT2D eigenvalue weighted by molar-refractivity contribution is -0.135. The topological polar surface area (TPSA) is 107 Å². The van der Waals surface area contributed by atoms with Crippen LogP contribution in [0.15, 0.2) is 42.2 Å². The monoisotopic (exact) mass is 546 g/mol. The summed E-state index contributed by atoms with van der Waals surface area (Å²) in [7, 11) is 2.55. The Morgan fingerprint density at radius 1 is 1.13 bits per heavy atom. The third-order valence-corrected chi connectivity index (χ3v) is 6.28. The van der Waals surface area contributed by atoms with Crippen LogP contribution < -0.4 is 10.1 Å².